The van der Waals surface area contributed by atoms with Gasteiger partial charge in [0.05, 0.1) is 6.61 Å². The van der Waals surface area contributed by atoms with Crippen LogP contribution in [-0.2, 0) is 4.79 Å². The second kappa shape index (κ2) is 13.6. The van der Waals surface area contributed by atoms with Gasteiger partial charge in [0.1, 0.15) is 11.8 Å². The van der Waals surface area contributed by atoms with Crippen LogP contribution in [-0.4, -0.2) is 53.4 Å². The predicted octanol–water partition coefficient (Wildman–Crippen LogP) is 3.09. The van der Waals surface area contributed by atoms with Crippen LogP contribution < -0.4 is 15.8 Å². The van der Waals surface area contributed by atoms with E-state index in [0.717, 1.165) is 0 Å². The molecule has 0 fully saturated rings. The Hall–Kier alpha value is -1.64. The van der Waals surface area contributed by atoms with E-state index in [1.165, 1.54) is 0 Å². The molecule has 1 aromatic rings. The van der Waals surface area contributed by atoms with E-state index in [2.05, 4.69) is 37.9 Å². The summed E-state index contributed by atoms with van der Waals surface area (Å²) in [6.45, 7) is 4.73. The molecule has 3 atom stereocenters. The van der Waals surface area contributed by atoms with Crippen LogP contribution in [0.5, 0.6) is 5.75 Å². The maximum Gasteiger partial charge on any atom is 0.326 e. The van der Waals surface area contributed by atoms with Gasteiger partial charge < -0.3 is 20.9 Å². The maximum absolute atomic E-state index is 12.3. The van der Waals surface area contributed by atoms with Crippen molar-refractivity contribution >= 4 is 36.3 Å². The van der Waals surface area contributed by atoms with Gasteiger partial charge in [0.25, 0.3) is 5.91 Å². The molecule has 162 valence electrons. The smallest absolute Gasteiger partial charge is 0.326 e. The number of rotatable bonds is 13. The van der Waals surface area contributed by atoms with E-state index < -0.39 is 17.9 Å². The standard InChI is InChI=1S/C21H32N2O4S2/c1-14(2)16(4-7-17(22)13-28)12-27-18-8-5-15(6-9-18)20(24)23-19(21(25)26)10-11-29-3/h4-9,14,16-17,19,28H,10-13,22H2,1-3H3,(H,23,24)(H,25,26)/b7-4+. The lowest BCUT2D eigenvalue weighted by Gasteiger charge is -2.18. The van der Waals surface area contributed by atoms with Gasteiger partial charge in [-0.3, -0.25) is 4.79 Å². The number of amides is 1. The van der Waals surface area contributed by atoms with Crippen molar-refractivity contribution in [1.29, 1.82) is 0 Å². The Morgan fingerprint density at radius 1 is 1.28 bits per heavy atom. The van der Waals surface area contributed by atoms with Crippen molar-refractivity contribution < 1.29 is 19.4 Å². The Morgan fingerprint density at radius 2 is 1.93 bits per heavy atom. The highest BCUT2D eigenvalue weighted by Gasteiger charge is 2.20. The summed E-state index contributed by atoms with van der Waals surface area (Å²) >= 11 is 5.72. The van der Waals surface area contributed by atoms with Gasteiger partial charge in [-0.05, 0) is 48.6 Å². The normalized spacial score (nSPS) is 14.6. The van der Waals surface area contributed by atoms with Crippen LogP contribution in [0.4, 0.5) is 0 Å². The third-order valence-electron chi connectivity index (χ3n) is 4.45. The van der Waals surface area contributed by atoms with Gasteiger partial charge in [-0.15, -0.1) is 0 Å². The Morgan fingerprint density at radius 3 is 2.45 bits per heavy atom. The highest BCUT2D eigenvalue weighted by Crippen LogP contribution is 2.18. The van der Waals surface area contributed by atoms with E-state index in [4.69, 9.17) is 10.5 Å². The first-order valence-corrected chi connectivity index (χ1v) is 11.6. The lowest BCUT2D eigenvalue weighted by molar-refractivity contribution is -0.139. The van der Waals surface area contributed by atoms with Crippen molar-refractivity contribution in [2.24, 2.45) is 17.6 Å². The van der Waals surface area contributed by atoms with Crippen molar-refractivity contribution in [3.05, 3.63) is 42.0 Å². The molecule has 0 aliphatic rings. The van der Waals surface area contributed by atoms with Gasteiger partial charge in [0.2, 0.25) is 0 Å². The Bertz CT molecular complexity index is 665. The lowest BCUT2D eigenvalue weighted by Crippen LogP contribution is -2.41. The number of thiol groups is 1. The second-order valence-electron chi connectivity index (χ2n) is 7.12. The topological polar surface area (TPSA) is 102 Å². The molecule has 1 rings (SSSR count). The van der Waals surface area contributed by atoms with Crippen molar-refractivity contribution in [1.82, 2.24) is 5.32 Å². The Balaban J connectivity index is 2.66. The van der Waals surface area contributed by atoms with E-state index in [-0.39, 0.29) is 12.0 Å². The minimum Gasteiger partial charge on any atom is -0.493 e. The summed E-state index contributed by atoms with van der Waals surface area (Å²) in [6, 6.07) is 5.72. The number of nitrogens with two attached hydrogens (primary N) is 1. The van der Waals surface area contributed by atoms with Crippen molar-refractivity contribution in [3.63, 3.8) is 0 Å². The Kier molecular flexibility index (Phi) is 11.9. The number of aliphatic carboxylic acids is 1. The van der Waals surface area contributed by atoms with E-state index in [1.54, 1.807) is 36.0 Å². The van der Waals surface area contributed by atoms with Gasteiger partial charge in [-0.25, -0.2) is 4.79 Å². The molecule has 0 aliphatic carbocycles. The van der Waals surface area contributed by atoms with Gasteiger partial charge in [0.15, 0.2) is 0 Å². The first-order valence-electron chi connectivity index (χ1n) is 9.58. The largest absolute Gasteiger partial charge is 0.493 e. The van der Waals surface area contributed by atoms with Crippen molar-refractivity contribution in [2.75, 3.05) is 24.4 Å². The molecule has 1 amide bonds. The summed E-state index contributed by atoms with van der Waals surface area (Å²) in [4.78, 5) is 23.6. The highest BCUT2D eigenvalue weighted by molar-refractivity contribution is 7.98. The van der Waals surface area contributed by atoms with Gasteiger partial charge in [-0.2, -0.15) is 24.4 Å². The van der Waals surface area contributed by atoms with Crippen LogP contribution in [0.1, 0.15) is 30.6 Å². The summed E-state index contributed by atoms with van der Waals surface area (Å²) in [5.74, 6) is 1.05. The zero-order chi connectivity index (χ0) is 21.8. The van der Waals surface area contributed by atoms with Gasteiger partial charge in [-0.1, -0.05) is 26.0 Å². The second-order valence-corrected chi connectivity index (χ2v) is 8.47. The first-order chi connectivity index (χ1) is 13.8. The monoisotopic (exact) mass is 440 g/mol. The molecule has 0 bridgehead atoms. The lowest BCUT2D eigenvalue weighted by atomic mass is 9.96. The molecule has 3 unspecified atom stereocenters. The van der Waals surface area contributed by atoms with E-state index in [1.807, 2.05) is 12.3 Å². The van der Waals surface area contributed by atoms with E-state index >= 15 is 0 Å². The number of ether oxygens (including phenoxy) is 1. The SMILES string of the molecule is CSCCC(NC(=O)c1ccc(OCC(/C=C/C(N)CS)C(C)C)cc1)C(=O)O. The number of carbonyl (C=O) groups excluding carboxylic acids is 1. The quantitative estimate of drug-likeness (QED) is 0.278. The van der Waals surface area contributed by atoms with Gasteiger partial charge in [0, 0.05) is 23.3 Å². The molecule has 4 N–H and O–H groups in total. The van der Waals surface area contributed by atoms with Crippen LogP contribution in [0.2, 0.25) is 0 Å². The maximum atomic E-state index is 12.3. The molecule has 1 aromatic carbocycles. The summed E-state index contributed by atoms with van der Waals surface area (Å²) in [5, 5.41) is 11.8. The molecular weight excluding hydrogens is 408 g/mol. The van der Waals surface area contributed by atoms with Crippen LogP contribution in [0.15, 0.2) is 36.4 Å². The molecule has 0 aromatic heterocycles. The minimum atomic E-state index is -1.03. The number of thioether (sulfide) groups is 1. The molecule has 0 saturated carbocycles. The molecule has 8 heteroatoms. The summed E-state index contributed by atoms with van der Waals surface area (Å²) < 4.78 is 5.86. The molecule has 29 heavy (non-hydrogen) atoms. The molecule has 0 aliphatic heterocycles. The van der Waals surface area contributed by atoms with E-state index in [9.17, 15) is 14.7 Å². The number of hydrogen-bond acceptors (Lipinski definition) is 6. The molecule has 0 saturated heterocycles. The number of carboxylic acid groups (broad SMARTS) is 1. The fourth-order valence-corrected chi connectivity index (χ4v) is 3.04. The van der Waals surface area contributed by atoms with Crippen molar-refractivity contribution in [2.45, 2.75) is 32.4 Å². The fourth-order valence-electron chi connectivity index (χ4n) is 2.45. The summed E-state index contributed by atoms with van der Waals surface area (Å²) in [6.07, 6.45) is 6.29. The predicted molar refractivity (Wildman–Crippen MR) is 123 cm³/mol. The van der Waals surface area contributed by atoms with Crippen LogP contribution in [0.25, 0.3) is 0 Å². The molecule has 6 nitrogen and oxygen atoms in total. The zero-order valence-electron chi connectivity index (χ0n) is 17.2. The number of carboxylic acids is 1. The Labute approximate surface area is 183 Å². The number of benzene rings is 1. The third kappa shape index (κ3) is 9.60. The summed E-state index contributed by atoms with van der Waals surface area (Å²) in [7, 11) is 0. The average Bonchev–Trinajstić information content (AvgIpc) is 2.70. The zero-order valence-corrected chi connectivity index (χ0v) is 18.9. The highest BCUT2D eigenvalue weighted by atomic mass is 32.2. The average molecular weight is 441 g/mol. The van der Waals surface area contributed by atoms with Gasteiger partial charge >= 0.3 is 5.97 Å². The van der Waals surface area contributed by atoms with Crippen molar-refractivity contribution in [3.8, 4) is 5.75 Å². The molecule has 0 spiro atoms. The number of nitrogens with one attached hydrogen (secondary N) is 1. The fraction of sp³-hybridized carbons (Fsp3) is 0.524. The van der Waals surface area contributed by atoms with Crippen LogP contribution >= 0.6 is 24.4 Å². The van der Waals surface area contributed by atoms with Crippen LogP contribution in [0, 0.1) is 11.8 Å². The van der Waals surface area contributed by atoms with Crippen LogP contribution in [0.3, 0.4) is 0 Å². The molecular formula is C21H32N2O4S2. The first kappa shape index (κ1) is 25.4. The summed E-state index contributed by atoms with van der Waals surface area (Å²) in [5.41, 5.74) is 6.27. The molecule has 0 radical (unpaired) electrons. The molecule has 0 heterocycles. The minimum absolute atomic E-state index is 0.0806. The van der Waals surface area contributed by atoms with E-state index in [0.29, 0.717) is 41.8 Å². The third-order valence-corrected chi connectivity index (χ3v) is 5.51. The number of carbonyl (C=O) groups is 2. The number of hydrogen-bond donors (Lipinski definition) is 4.